The van der Waals surface area contributed by atoms with Gasteiger partial charge in [0.1, 0.15) is 5.60 Å². The summed E-state index contributed by atoms with van der Waals surface area (Å²) in [5.74, 6) is 0. The minimum atomic E-state index is -1.21. The average Bonchev–Trinajstić information content (AvgIpc) is 3.01. The summed E-state index contributed by atoms with van der Waals surface area (Å²) in [4.78, 5) is 0. The van der Waals surface area contributed by atoms with E-state index in [0.717, 1.165) is 28.1 Å². The Hall–Kier alpha value is -3.36. The van der Waals surface area contributed by atoms with E-state index in [1.807, 2.05) is 48.5 Å². The molecule has 2 N–H and O–H groups in total. The molecule has 146 valence electrons. The molecule has 1 heterocycles. The molecule has 1 aliphatic heterocycles. The van der Waals surface area contributed by atoms with Crippen molar-refractivity contribution in [3.63, 3.8) is 0 Å². The zero-order valence-electron chi connectivity index (χ0n) is 17.1. The van der Waals surface area contributed by atoms with Gasteiger partial charge in [-0.25, -0.2) is 0 Å². The molecule has 2 aliphatic rings. The van der Waals surface area contributed by atoms with Crippen LogP contribution in [0.1, 0.15) is 41.7 Å². The lowest BCUT2D eigenvalue weighted by Gasteiger charge is -2.38. The van der Waals surface area contributed by atoms with E-state index in [9.17, 15) is 5.11 Å². The average molecular weight is 389 g/mol. The van der Waals surface area contributed by atoms with Crippen LogP contribution in [0.2, 0.25) is 0 Å². The van der Waals surface area contributed by atoms with Gasteiger partial charge in [0.05, 0.1) is 0 Å². The van der Waals surface area contributed by atoms with Crippen molar-refractivity contribution < 1.29 is 5.11 Å². The van der Waals surface area contributed by atoms with Crippen LogP contribution in [0.3, 0.4) is 0 Å². The van der Waals surface area contributed by atoms with Gasteiger partial charge in [0.25, 0.3) is 0 Å². The maximum Gasteiger partial charge on any atom is 0.144 e. The third-order valence-corrected chi connectivity index (χ3v) is 6.90. The Balaban J connectivity index is 1.63. The first kappa shape index (κ1) is 17.5. The summed E-state index contributed by atoms with van der Waals surface area (Å²) < 4.78 is 0. The second-order valence-corrected chi connectivity index (χ2v) is 8.86. The number of hydrogen-bond donors (Lipinski definition) is 2. The predicted molar refractivity (Wildman–Crippen MR) is 122 cm³/mol. The lowest BCUT2D eigenvalue weighted by atomic mass is 9.74. The molecule has 0 fully saturated rings. The number of benzene rings is 4. The van der Waals surface area contributed by atoms with Gasteiger partial charge in [0.15, 0.2) is 0 Å². The highest BCUT2D eigenvalue weighted by molar-refractivity contribution is 5.82. The molecule has 4 aromatic carbocycles. The van der Waals surface area contributed by atoms with Crippen molar-refractivity contribution in [3.05, 3.63) is 119 Å². The summed E-state index contributed by atoms with van der Waals surface area (Å²) in [6, 6.07) is 31.2. The van der Waals surface area contributed by atoms with Crippen LogP contribution in [-0.2, 0) is 11.0 Å². The fraction of sp³-hybridized carbons (Fsp3) is 0.143. The zero-order valence-corrected chi connectivity index (χ0v) is 17.1. The summed E-state index contributed by atoms with van der Waals surface area (Å²) >= 11 is 0. The molecule has 1 aliphatic carbocycles. The topological polar surface area (TPSA) is 32.3 Å². The van der Waals surface area contributed by atoms with Gasteiger partial charge in [-0.1, -0.05) is 92.7 Å². The van der Waals surface area contributed by atoms with Crippen molar-refractivity contribution >= 4 is 11.4 Å². The van der Waals surface area contributed by atoms with Crippen LogP contribution in [-0.4, -0.2) is 5.11 Å². The van der Waals surface area contributed by atoms with Crippen molar-refractivity contribution in [1.82, 2.24) is 0 Å². The second-order valence-electron chi connectivity index (χ2n) is 8.86. The molecule has 0 radical (unpaired) electrons. The SMILES string of the molecule is CC1(C)c2ccccc2-c2ccc(C3(O)c4ccccc4Nc4ccccc43)cc21. The standard InChI is InChI=1S/C28H23NO/c1-27(2)21-10-4-3-9-19(21)20-16-15-18(17-24(20)27)28(30)22-11-5-7-13-25(22)29-26-14-8-6-12-23(26)28/h3-17,29-30H,1-2H3. The second kappa shape index (κ2) is 5.84. The molecule has 6 rings (SSSR count). The van der Waals surface area contributed by atoms with Crippen molar-refractivity contribution in [1.29, 1.82) is 0 Å². The molecule has 0 spiro atoms. The number of fused-ring (bicyclic) bond motifs is 5. The Kier molecular flexibility index (Phi) is 3.40. The highest BCUT2D eigenvalue weighted by Crippen LogP contribution is 2.52. The highest BCUT2D eigenvalue weighted by Gasteiger charge is 2.43. The normalized spacial score (nSPS) is 16.6. The molecule has 0 amide bonds. The van der Waals surface area contributed by atoms with Crippen molar-refractivity contribution in [2.24, 2.45) is 0 Å². The third kappa shape index (κ3) is 2.12. The molecule has 0 unspecified atom stereocenters. The molecular formula is C28H23NO. The van der Waals surface area contributed by atoms with Crippen LogP contribution in [0.4, 0.5) is 11.4 Å². The largest absolute Gasteiger partial charge is 0.376 e. The Morgan fingerprint density at radius 3 is 1.80 bits per heavy atom. The summed E-state index contributed by atoms with van der Waals surface area (Å²) in [5.41, 5.74) is 8.42. The van der Waals surface area contributed by atoms with Crippen molar-refractivity contribution in [2.75, 3.05) is 5.32 Å². The summed E-state index contributed by atoms with van der Waals surface area (Å²) in [6.07, 6.45) is 0. The molecule has 0 saturated heterocycles. The zero-order chi connectivity index (χ0) is 20.5. The van der Waals surface area contributed by atoms with Crippen LogP contribution < -0.4 is 5.32 Å². The quantitative estimate of drug-likeness (QED) is 0.398. The van der Waals surface area contributed by atoms with Gasteiger partial charge >= 0.3 is 0 Å². The molecular weight excluding hydrogens is 366 g/mol. The van der Waals surface area contributed by atoms with Crippen molar-refractivity contribution in [2.45, 2.75) is 24.9 Å². The van der Waals surface area contributed by atoms with Crippen molar-refractivity contribution in [3.8, 4) is 11.1 Å². The van der Waals surface area contributed by atoms with Gasteiger partial charge < -0.3 is 10.4 Å². The lowest BCUT2D eigenvalue weighted by molar-refractivity contribution is 0.126. The van der Waals surface area contributed by atoms with E-state index in [1.165, 1.54) is 22.3 Å². The van der Waals surface area contributed by atoms with Crippen LogP contribution >= 0.6 is 0 Å². The summed E-state index contributed by atoms with van der Waals surface area (Å²) in [7, 11) is 0. The third-order valence-electron chi connectivity index (χ3n) is 6.90. The van der Waals surface area contributed by atoms with E-state index in [-0.39, 0.29) is 5.41 Å². The highest BCUT2D eigenvalue weighted by atomic mass is 16.3. The summed E-state index contributed by atoms with van der Waals surface area (Å²) in [5, 5.41) is 15.8. The van der Waals surface area contributed by atoms with E-state index in [1.54, 1.807) is 0 Å². The molecule has 0 aromatic heterocycles. The first-order chi connectivity index (χ1) is 14.5. The number of para-hydroxylation sites is 2. The van der Waals surface area contributed by atoms with E-state index < -0.39 is 5.60 Å². The number of hydrogen-bond acceptors (Lipinski definition) is 2. The fourth-order valence-electron chi connectivity index (χ4n) is 5.35. The minimum absolute atomic E-state index is 0.107. The first-order valence-corrected chi connectivity index (χ1v) is 10.4. The maximum atomic E-state index is 12.3. The Labute approximate surface area is 176 Å². The van der Waals surface area contributed by atoms with E-state index in [4.69, 9.17) is 0 Å². The lowest BCUT2D eigenvalue weighted by Crippen LogP contribution is -2.33. The Morgan fingerprint density at radius 1 is 0.600 bits per heavy atom. The van der Waals surface area contributed by atoms with Gasteiger partial charge in [-0.15, -0.1) is 0 Å². The van der Waals surface area contributed by atoms with Crippen LogP contribution in [0.5, 0.6) is 0 Å². The van der Waals surface area contributed by atoms with Gasteiger partial charge in [-0.2, -0.15) is 0 Å². The number of rotatable bonds is 1. The van der Waals surface area contributed by atoms with Gasteiger partial charge in [0, 0.05) is 27.9 Å². The van der Waals surface area contributed by atoms with E-state index in [2.05, 4.69) is 61.6 Å². The summed E-state index contributed by atoms with van der Waals surface area (Å²) in [6.45, 7) is 4.55. The van der Waals surface area contributed by atoms with E-state index in [0.29, 0.717) is 0 Å². The molecule has 2 nitrogen and oxygen atoms in total. The van der Waals surface area contributed by atoms with Gasteiger partial charge in [0.2, 0.25) is 0 Å². The number of anilines is 2. The molecule has 0 atom stereocenters. The Morgan fingerprint density at radius 2 is 1.13 bits per heavy atom. The maximum absolute atomic E-state index is 12.3. The van der Waals surface area contributed by atoms with Gasteiger partial charge in [-0.3, -0.25) is 0 Å². The molecule has 0 saturated carbocycles. The fourth-order valence-corrected chi connectivity index (χ4v) is 5.35. The monoisotopic (exact) mass is 389 g/mol. The molecule has 4 aromatic rings. The Bertz CT molecular complexity index is 1270. The molecule has 30 heavy (non-hydrogen) atoms. The van der Waals surface area contributed by atoms with Gasteiger partial charge in [-0.05, 0) is 39.9 Å². The number of nitrogens with one attached hydrogen (secondary N) is 1. The number of aliphatic hydroxyl groups is 1. The minimum Gasteiger partial charge on any atom is -0.376 e. The first-order valence-electron chi connectivity index (χ1n) is 10.4. The van der Waals surface area contributed by atoms with E-state index >= 15 is 0 Å². The smallest absolute Gasteiger partial charge is 0.144 e. The van der Waals surface area contributed by atoms with Crippen LogP contribution in [0.25, 0.3) is 11.1 Å². The predicted octanol–water partition coefficient (Wildman–Crippen LogP) is 6.33. The van der Waals surface area contributed by atoms with Crippen LogP contribution in [0, 0.1) is 0 Å². The molecule has 0 bridgehead atoms. The molecule has 2 heteroatoms. The van der Waals surface area contributed by atoms with Crippen LogP contribution in [0.15, 0.2) is 91.0 Å².